The van der Waals surface area contributed by atoms with Crippen LogP contribution < -0.4 is 14.8 Å². The Morgan fingerprint density at radius 1 is 1.32 bits per heavy atom. The van der Waals surface area contributed by atoms with Gasteiger partial charge in [0.25, 0.3) is 0 Å². The van der Waals surface area contributed by atoms with Gasteiger partial charge >= 0.3 is 0 Å². The molecule has 2 aliphatic rings. The van der Waals surface area contributed by atoms with Gasteiger partial charge in [-0.3, -0.25) is 9.59 Å². The molecular formula is C18H24N2O5. The maximum absolute atomic E-state index is 12.9. The van der Waals surface area contributed by atoms with Crippen LogP contribution in [0.5, 0.6) is 11.5 Å². The highest BCUT2D eigenvalue weighted by Gasteiger charge is 2.30. The van der Waals surface area contributed by atoms with Crippen LogP contribution in [-0.2, 0) is 20.7 Å². The van der Waals surface area contributed by atoms with Crippen LogP contribution in [0.15, 0.2) is 18.2 Å². The Kier molecular flexibility index (Phi) is 5.43. The molecule has 7 heteroatoms. The summed E-state index contributed by atoms with van der Waals surface area (Å²) in [6, 6.07) is 4.98. The lowest BCUT2D eigenvalue weighted by Crippen LogP contribution is -2.54. The second-order valence-electron chi connectivity index (χ2n) is 6.33. The predicted octanol–water partition coefficient (Wildman–Crippen LogP) is 1.10. The molecule has 3 rings (SSSR count). The van der Waals surface area contributed by atoms with E-state index < -0.39 is 6.04 Å². The zero-order chi connectivity index (χ0) is 17.8. The molecule has 136 valence electrons. The summed E-state index contributed by atoms with van der Waals surface area (Å²) in [7, 11) is 0. The fourth-order valence-corrected chi connectivity index (χ4v) is 3.14. The van der Waals surface area contributed by atoms with Crippen molar-refractivity contribution in [3.8, 4) is 11.5 Å². The first kappa shape index (κ1) is 17.5. The number of nitrogens with zero attached hydrogens (tertiary/aromatic N) is 1. The van der Waals surface area contributed by atoms with Crippen molar-refractivity contribution in [3.05, 3.63) is 23.8 Å². The molecule has 1 aromatic rings. The molecule has 1 fully saturated rings. The minimum atomic E-state index is -0.603. The predicted molar refractivity (Wildman–Crippen MR) is 90.5 cm³/mol. The van der Waals surface area contributed by atoms with Gasteiger partial charge in [-0.15, -0.1) is 0 Å². The molecule has 1 aromatic carbocycles. The maximum Gasteiger partial charge on any atom is 0.245 e. The Morgan fingerprint density at radius 3 is 2.88 bits per heavy atom. The zero-order valence-electron chi connectivity index (χ0n) is 14.6. The van der Waals surface area contributed by atoms with Crippen LogP contribution >= 0.6 is 0 Å². The van der Waals surface area contributed by atoms with Crippen molar-refractivity contribution in [1.82, 2.24) is 10.2 Å². The van der Waals surface area contributed by atoms with E-state index in [-0.39, 0.29) is 24.7 Å². The molecule has 0 aliphatic carbocycles. The Bertz CT molecular complexity index is 648. The van der Waals surface area contributed by atoms with Gasteiger partial charge in [0.05, 0.1) is 12.7 Å². The highest BCUT2D eigenvalue weighted by Crippen LogP contribution is 2.32. The molecule has 2 heterocycles. The van der Waals surface area contributed by atoms with E-state index in [4.69, 9.17) is 14.2 Å². The summed E-state index contributed by atoms with van der Waals surface area (Å²) in [5, 5.41) is 2.78. The topological polar surface area (TPSA) is 77.1 Å². The van der Waals surface area contributed by atoms with Gasteiger partial charge < -0.3 is 24.4 Å². The summed E-state index contributed by atoms with van der Waals surface area (Å²) in [4.78, 5) is 26.3. The van der Waals surface area contributed by atoms with Gasteiger partial charge in [-0.05, 0) is 24.1 Å². The molecule has 7 nitrogen and oxygen atoms in total. The Balaban J connectivity index is 1.72. The number of morpholine rings is 1. The van der Waals surface area contributed by atoms with Crippen molar-refractivity contribution in [3.63, 3.8) is 0 Å². The van der Waals surface area contributed by atoms with Crippen LogP contribution in [0.25, 0.3) is 0 Å². The Hall–Kier alpha value is -2.28. The SMILES string of the molecule is CC[C@H]1CN(C(=O)[C@@H](Cc2ccc3c(c2)OCO3)NC(C)=O)CCO1. The van der Waals surface area contributed by atoms with Crippen molar-refractivity contribution >= 4 is 11.8 Å². The van der Waals surface area contributed by atoms with Crippen LogP contribution in [0.4, 0.5) is 0 Å². The molecule has 0 saturated carbocycles. The van der Waals surface area contributed by atoms with E-state index >= 15 is 0 Å². The number of carbonyl (C=O) groups is 2. The average molecular weight is 348 g/mol. The smallest absolute Gasteiger partial charge is 0.245 e. The summed E-state index contributed by atoms with van der Waals surface area (Å²) in [6.45, 7) is 5.31. The molecule has 25 heavy (non-hydrogen) atoms. The fraction of sp³-hybridized carbons (Fsp3) is 0.556. The summed E-state index contributed by atoms with van der Waals surface area (Å²) >= 11 is 0. The number of hydrogen-bond donors (Lipinski definition) is 1. The third kappa shape index (κ3) is 4.22. The highest BCUT2D eigenvalue weighted by atomic mass is 16.7. The van der Waals surface area contributed by atoms with Crippen LogP contribution in [0.3, 0.4) is 0 Å². The molecular weight excluding hydrogens is 324 g/mol. The molecule has 0 unspecified atom stereocenters. The summed E-state index contributed by atoms with van der Waals surface area (Å²) < 4.78 is 16.3. The lowest BCUT2D eigenvalue weighted by Gasteiger charge is -2.35. The summed E-state index contributed by atoms with van der Waals surface area (Å²) in [5.41, 5.74) is 0.914. The van der Waals surface area contributed by atoms with Gasteiger partial charge in [0.15, 0.2) is 11.5 Å². The molecule has 0 radical (unpaired) electrons. The Morgan fingerprint density at radius 2 is 2.12 bits per heavy atom. The number of ether oxygens (including phenoxy) is 3. The fourth-order valence-electron chi connectivity index (χ4n) is 3.14. The van der Waals surface area contributed by atoms with Crippen molar-refractivity contribution in [2.24, 2.45) is 0 Å². The largest absolute Gasteiger partial charge is 0.454 e. The Labute approximate surface area is 147 Å². The van der Waals surface area contributed by atoms with E-state index in [0.717, 1.165) is 12.0 Å². The lowest BCUT2D eigenvalue weighted by molar-refractivity contribution is -0.142. The zero-order valence-corrected chi connectivity index (χ0v) is 14.6. The van der Waals surface area contributed by atoms with Crippen LogP contribution in [0.2, 0.25) is 0 Å². The third-order valence-electron chi connectivity index (χ3n) is 4.46. The third-order valence-corrected chi connectivity index (χ3v) is 4.46. The van der Waals surface area contributed by atoms with Gasteiger partial charge in [-0.1, -0.05) is 13.0 Å². The van der Waals surface area contributed by atoms with E-state index in [1.165, 1.54) is 6.92 Å². The quantitative estimate of drug-likeness (QED) is 0.862. The van der Waals surface area contributed by atoms with Crippen LogP contribution in [0.1, 0.15) is 25.8 Å². The van der Waals surface area contributed by atoms with E-state index in [0.29, 0.717) is 37.6 Å². The minimum Gasteiger partial charge on any atom is -0.454 e. The highest BCUT2D eigenvalue weighted by molar-refractivity contribution is 5.87. The number of amides is 2. The monoisotopic (exact) mass is 348 g/mol. The van der Waals surface area contributed by atoms with Gasteiger partial charge in [-0.25, -0.2) is 0 Å². The average Bonchev–Trinajstić information content (AvgIpc) is 3.08. The number of nitrogens with one attached hydrogen (secondary N) is 1. The van der Waals surface area contributed by atoms with Crippen molar-refractivity contribution in [2.75, 3.05) is 26.5 Å². The van der Waals surface area contributed by atoms with Gasteiger partial charge in [0, 0.05) is 26.4 Å². The lowest BCUT2D eigenvalue weighted by atomic mass is 10.0. The molecule has 2 atom stereocenters. The van der Waals surface area contributed by atoms with Crippen molar-refractivity contribution < 1.29 is 23.8 Å². The van der Waals surface area contributed by atoms with Gasteiger partial charge in [0.1, 0.15) is 6.04 Å². The van der Waals surface area contributed by atoms with E-state index in [2.05, 4.69) is 5.32 Å². The summed E-state index contributed by atoms with van der Waals surface area (Å²) in [5.74, 6) is 1.07. The number of fused-ring (bicyclic) bond motifs is 1. The second kappa shape index (κ2) is 7.74. The molecule has 2 aliphatic heterocycles. The van der Waals surface area contributed by atoms with E-state index in [1.807, 2.05) is 25.1 Å². The van der Waals surface area contributed by atoms with Crippen molar-refractivity contribution in [1.29, 1.82) is 0 Å². The minimum absolute atomic E-state index is 0.0567. The first-order valence-electron chi connectivity index (χ1n) is 8.63. The molecule has 1 N–H and O–H groups in total. The molecule has 0 aromatic heterocycles. The number of carbonyl (C=O) groups excluding carboxylic acids is 2. The van der Waals surface area contributed by atoms with Gasteiger partial charge in [-0.2, -0.15) is 0 Å². The molecule has 0 bridgehead atoms. The normalized spacial score (nSPS) is 20.2. The van der Waals surface area contributed by atoms with E-state index in [9.17, 15) is 9.59 Å². The standard InChI is InChI=1S/C18H24N2O5/c1-3-14-10-20(6-7-23-14)18(22)15(19-12(2)21)8-13-4-5-16-17(9-13)25-11-24-16/h4-5,9,14-15H,3,6-8,10-11H2,1-2H3,(H,19,21)/t14-,15+/m0/s1. The number of hydrogen-bond acceptors (Lipinski definition) is 5. The van der Waals surface area contributed by atoms with Crippen molar-refractivity contribution in [2.45, 2.75) is 38.8 Å². The second-order valence-corrected chi connectivity index (χ2v) is 6.33. The number of benzene rings is 1. The van der Waals surface area contributed by atoms with E-state index in [1.54, 1.807) is 4.90 Å². The van der Waals surface area contributed by atoms with Crippen LogP contribution in [0, 0.1) is 0 Å². The molecule has 1 saturated heterocycles. The molecule has 0 spiro atoms. The molecule has 2 amide bonds. The van der Waals surface area contributed by atoms with Crippen LogP contribution in [-0.4, -0.2) is 55.3 Å². The van der Waals surface area contributed by atoms with Gasteiger partial charge in [0.2, 0.25) is 18.6 Å². The summed E-state index contributed by atoms with van der Waals surface area (Å²) in [6.07, 6.45) is 1.32. The number of rotatable bonds is 5. The first-order chi connectivity index (χ1) is 12.1. The maximum atomic E-state index is 12.9. The first-order valence-corrected chi connectivity index (χ1v) is 8.63.